The third-order valence-corrected chi connectivity index (χ3v) is 9.97. The van der Waals surface area contributed by atoms with Gasteiger partial charge >= 0.3 is 0 Å². The molecule has 0 bridgehead atoms. The van der Waals surface area contributed by atoms with E-state index in [1.165, 1.54) is 60.0 Å². The molecular formula is C46H27N3. The Morgan fingerprint density at radius 2 is 1.00 bits per heavy atom. The molecule has 2 heterocycles. The van der Waals surface area contributed by atoms with Gasteiger partial charge in [0.15, 0.2) is 5.69 Å². The summed E-state index contributed by atoms with van der Waals surface area (Å²) in [6, 6.07) is 54.4. The summed E-state index contributed by atoms with van der Waals surface area (Å²) in [5, 5.41) is 9.98. The number of para-hydroxylation sites is 1. The van der Waals surface area contributed by atoms with Gasteiger partial charge in [-0.25, -0.2) is 4.85 Å². The second kappa shape index (κ2) is 10.6. The lowest BCUT2D eigenvalue weighted by atomic mass is 9.89. The molecule has 0 unspecified atom stereocenters. The van der Waals surface area contributed by atoms with Crippen molar-refractivity contribution in [3.8, 4) is 39.1 Å². The van der Waals surface area contributed by atoms with Crippen LogP contribution in [-0.4, -0.2) is 9.55 Å². The zero-order valence-corrected chi connectivity index (χ0v) is 26.4. The number of hydrogen-bond acceptors (Lipinski definition) is 1. The third kappa shape index (κ3) is 4.32. The third-order valence-electron chi connectivity index (χ3n) is 9.97. The van der Waals surface area contributed by atoms with E-state index in [9.17, 15) is 0 Å². The van der Waals surface area contributed by atoms with E-state index in [1.54, 1.807) is 0 Å². The molecule has 0 aliphatic heterocycles. The fourth-order valence-corrected chi connectivity index (χ4v) is 7.67. The van der Waals surface area contributed by atoms with E-state index in [0.29, 0.717) is 5.69 Å². The highest BCUT2D eigenvalue weighted by molar-refractivity contribution is 6.24. The van der Waals surface area contributed by atoms with Gasteiger partial charge in [0.05, 0.1) is 12.1 Å². The van der Waals surface area contributed by atoms with Crippen LogP contribution < -0.4 is 0 Å². The van der Waals surface area contributed by atoms with Gasteiger partial charge in [0.1, 0.15) is 0 Å². The van der Waals surface area contributed by atoms with Crippen LogP contribution in [0, 0.1) is 6.57 Å². The van der Waals surface area contributed by atoms with E-state index in [0.717, 1.165) is 33.2 Å². The molecule has 0 aliphatic rings. The maximum Gasteiger partial charge on any atom is 0.189 e. The summed E-state index contributed by atoms with van der Waals surface area (Å²) in [4.78, 5) is 8.04. The number of fused-ring (bicyclic) bond motifs is 3. The van der Waals surface area contributed by atoms with Crippen molar-refractivity contribution in [2.45, 2.75) is 0 Å². The van der Waals surface area contributed by atoms with Gasteiger partial charge in [0, 0.05) is 39.9 Å². The molecule has 0 saturated heterocycles. The minimum Gasteiger partial charge on any atom is -0.310 e. The molecule has 8 aromatic carbocycles. The average Bonchev–Trinajstić information content (AvgIpc) is 3.50. The zero-order chi connectivity index (χ0) is 32.5. The summed E-state index contributed by atoms with van der Waals surface area (Å²) in [7, 11) is 0. The predicted octanol–water partition coefficient (Wildman–Crippen LogP) is 12.6. The first-order valence-corrected chi connectivity index (χ1v) is 16.5. The van der Waals surface area contributed by atoms with Crippen LogP contribution >= 0.6 is 0 Å². The molecule has 10 aromatic rings. The first kappa shape index (κ1) is 27.4. The maximum absolute atomic E-state index is 7.60. The van der Waals surface area contributed by atoms with E-state index in [1.807, 2.05) is 36.7 Å². The predicted molar refractivity (Wildman–Crippen MR) is 205 cm³/mol. The molecule has 0 amide bonds. The summed E-state index contributed by atoms with van der Waals surface area (Å²) in [5.41, 5.74) is 11.0. The molecule has 3 heteroatoms. The Labute approximate surface area is 283 Å². The molecule has 0 fully saturated rings. The van der Waals surface area contributed by atoms with Crippen molar-refractivity contribution in [3.63, 3.8) is 0 Å². The van der Waals surface area contributed by atoms with E-state index >= 15 is 0 Å². The van der Waals surface area contributed by atoms with Crippen molar-refractivity contribution < 1.29 is 0 Å². The van der Waals surface area contributed by atoms with Gasteiger partial charge in [0.2, 0.25) is 0 Å². The highest BCUT2D eigenvalue weighted by Crippen LogP contribution is 2.40. The van der Waals surface area contributed by atoms with Crippen LogP contribution in [0.2, 0.25) is 0 Å². The molecule has 0 radical (unpaired) electrons. The molecular weight excluding hydrogens is 595 g/mol. The normalized spacial score (nSPS) is 11.7. The van der Waals surface area contributed by atoms with Gasteiger partial charge in [-0.15, -0.1) is 0 Å². The highest BCUT2D eigenvalue weighted by Gasteiger charge is 2.15. The highest BCUT2D eigenvalue weighted by atomic mass is 15.0. The number of pyridine rings is 1. The lowest BCUT2D eigenvalue weighted by Gasteiger charge is -2.14. The molecule has 2 aromatic heterocycles. The standard InChI is InChI=1S/C46H27N3/c1-47-39-18-20-42-41-19-17-31(26-43(41)49(44(42)27-39)40-7-3-2-4-8-40)29-9-11-30(12-10-29)37-22-32-13-15-34-24-38(36-6-5-21-48-28-36)25-35-16-14-33(23-37)45(32)46(34)35/h2-28H. The fourth-order valence-electron chi connectivity index (χ4n) is 7.67. The molecule has 0 N–H and O–H groups in total. The summed E-state index contributed by atoms with van der Waals surface area (Å²) in [6.45, 7) is 7.60. The number of hydrogen-bond donors (Lipinski definition) is 0. The van der Waals surface area contributed by atoms with Gasteiger partial charge in [-0.1, -0.05) is 97.1 Å². The van der Waals surface area contributed by atoms with Gasteiger partial charge in [-0.05, 0) is 115 Å². The second-order valence-corrected chi connectivity index (χ2v) is 12.8. The number of nitrogens with zero attached hydrogens (tertiary/aromatic N) is 3. The Morgan fingerprint density at radius 1 is 0.449 bits per heavy atom. The lowest BCUT2D eigenvalue weighted by molar-refractivity contribution is 1.18. The van der Waals surface area contributed by atoms with Crippen LogP contribution in [0.3, 0.4) is 0 Å². The Bertz CT molecular complexity index is 2850. The Morgan fingerprint density at radius 3 is 1.59 bits per heavy atom. The van der Waals surface area contributed by atoms with Crippen LogP contribution in [0.5, 0.6) is 0 Å². The van der Waals surface area contributed by atoms with Crippen molar-refractivity contribution in [2.75, 3.05) is 0 Å². The van der Waals surface area contributed by atoms with E-state index in [4.69, 9.17) is 6.57 Å². The number of aromatic nitrogens is 2. The average molecular weight is 622 g/mol. The molecule has 10 rings (SSSR count). The van der Waals surface area contributed by atoms with Crippen LogP contribution in [0.1, 0.15) is 0 Å². The topological polar surface area (TPSA) is 22.2 Å². The Balaban J connectivity index is 1.05. The first-order chi connectivity index (χ1) is 24.2. The van der Waals surface area contributed by atoms with Crippen molar-refractivity contribution in [1.82, 2.24) is 9.55 Å². The molecule has 0 spiro atoms. The zero-order valence-electron chi connectivity index (χ0n) is 26.4. The minimum absolute atomic E-state index is 0.644. The number of rotatable bonds is 4. The van der Waals surface area contributed by atoms with Crippen molar-refractivity contribution in [1.29, 1.82) is 0 Å². The SMILES string of the molecule is [C-]#[N+]c1ccc2c3ccc(-c4ccc(-c5cc6ccc7cc(-c8cccnc8)cc8ccc(c5)c6c78)cc4)cc3n(-c3ccccc3)c2c1. The largest absolute Gasteiger partial charge is 0.310 e. The molecule has 3 nitrogen and oxygen atoms in total. The van der Waals surface area contributed by atoms with Gasteiger partial charge in [-0.3, -0.25) is 4.98 Å². The molecule has 0 saturated carbocycles. The molecule has 49 heavy (non-hydrogen) atoms. The quantitative estimate of drug-likeness (QED) is 0.142. The van der Waals surface area contributed by atoms with E-state index in [-0.39, 0.29) is 0 Å². The fraction of sp³-hybridized carbons (Fsp3) is 0. The van der Waals surface area contributed by atoms with Crippen LogP contribution in [-0.2, 0) is 0 Å². The maximum atomic E-state index is 7.60. The van der Waals surface area contributed by atoms with Gasteiger partial charge < -0.3 is 4.57 Å². The molecule has 0 atom stereocenters. The van der Waals surface area contributed by atoms with Crippen LogP contribution in [0.15, 0.2) is 164 Å². The lowest BCUT2D eigenvalue weighted by Crippen LogP contribution is -1.93. The Hall–Kier alpha value is -6.76. The van der Waals surface area contributed by atoms with E-state index < -0.39 is 0 Å². The summed E-state index contributed by atoms with van der Waals surface area (Å²) >= 11 is 0. The number of benzene rings is 8. The van der Waals surface area contributed by atoms with Crippen LogP contribution in [0.25, 0.3) is 98.0 Å². The van der Waals surface area contributed by atoms with Crippen molar-refractivity contribution in [3.05, 3.63) is 175 Å². The Kier molecular flexibility index (Phi) is 5.94. The minimum atomic E-state index is 0.644. The summed E-state index contributed by atoms with van der Waals surface area (Å²) < 4.78 is 2.28. The van der Waals surface area contributed by atoms with E-state index in [2.05, 4.69) is 142 Å². The first-order valence-electron chi connectivity index (χ1n) is 16.5. The summed E-state index contributed by atoms with van der Waals surface area (Å²) in [5.74, 6) is 0. The van der Waals surface area contributed by atoms with Crippen molar-refractivity contribution >= 4 is 59.8 Å². The van der Waals surface area contributed by atoms with Gasteiger partial charge in [0.25, 0.3) is 0 Å². The summed E-state index contributed by atoms with van der Waals surface area (Å²) in [6.07, 6.45) is 3.75. The second-order valence-electron chi connectivity index (χ2n) is 12.8. The monoisotopic (exact) mass is 621 g/mol. The molecule has 226 valence electrons. The van der Waals surface area contributed by atoms with Crippen LogP contribution in [0.4, 0.5) is 5.69 Å². The van der Waals surface area contributed by atoms with Crippen molar-refractivity contribution in [2.24, 2.45) is 0 Å². The molecule has 0 aliphatic carbocycles. The van der Waals surface area contributed by atoms with Gasteiger partial charge in [-0.2, -0.15) is 0 Å². The smallest absolute Gasteiger partial charge is 0.189 e.